The summed E-state index contributed by atoms with van der Waals surface area (Å²) in [5.41, 5.74) is 2.60. The van der Waals surface area contributed by atoms with E-state index in [2.05, 4.69) is 26.7 Å². The summed E-state index contributed by atoms with van der Waals surface area (Å²) in [7, 11) is 0. The van der Waals surface area contributed by atoms with E-state index in [1.165, 1.54) is 17.5 Å². The second-order valence-corrected chi connectivity index (χ2v) is 7.48. The van der Waals surface area contributed by atoms with Crippen LogP contribution in [0.25, 0.3) is 0 Å². The molecular weight excluding hydrogens is 320 g/mol. The molecule has 2 aromatic rings. The molecule has 24 heavy (non-hydrogen) atoms. The van der Waals surface area contributed by atoms with Gasteiger partial charge in [-0.15, -0.1) is 0 Å². The summed E-state index contributed by atoms with van der Waals surface area (Å²) in [6.45, 7) is 3.55. The molecule has 0 radical (unpaired) electrons. The topological polar surface area (TPSA) is 34.6 Å². The molecule has 3 atom stereocenters. The van der Waals surface area contributed by atoms with Gasteiger partial charge in [-0.3, -0.25) is 9.88 Å². The van der Waals surface area contributed by atoms with Gasteiger partial charge in [-0.25, -0.2) is 0 Å². The van der Waals surface area contributed by atoms with Gasteiger partial charge in [0, 0.05) is 31.5 Å². The van der Waals surface area contributed by atoms with Gasteiger partial charge in [-0.2, -0.15) is 11.3 Å². The summed E-state index contributed by atoms with van der Waals surface area (Å²) < 4.78 is 12.2. The van der Waals surface area contributed by atoms with Crippen LogP contribution in [-0.4, -0.2) is 41.3 Å². The van der Waals surface area contributed by atoms with Crippen molar-refractivity contribution in [2.75, 3.05) is 13.2 Å². The number of likely N-dealkylation sites (tertiary alicyclic amines) is 1. The Labute approximate surface area is 147 Å². The molecule has 0 spiro atoms. The van der Waals surface area contributed by atoms with Crippen molar-refractivity contribution in [2.24, 2.45) is 0 Å². The Morgan fingerprint density at radius 1 is 1.17 bits per heavy atom. The van der Waals surface area contributed by atoms with Crippen molar-refractivity contribution in [1.82, 2.24) is 9.88 Å². The standard InChI is InChI=1S/C19H24N2O2S/c1-2-18-19(5-9-21(18)11-16-6-10-24-14-16)23-17(1)13-22-12-15-3-7-20-8-4-15/h3-4,6-8,10,14,17-19H,1-2,5,9,11-13H2/t17-,18+,19+/m1/s1. The molecule has 0 bridgehead atoms. The molecule has 0 unspecified atom stereocenters. The smallest absolute Gasteiger partial charge is 0.0813 e. The molecule has 2 aliphatic heterocycles. The zero-order valence-electron chi connectivity index (χ0n) is 13.8. The van der Waals surface area contributed by atoms with Crippen LogP contribution in [0, 0.1) is 0 Å². The van der Waals surface area contributed by atoms with Crippen molar-refractivity contribution < 1.29 is 9.47 Å². The van der Waals surface area contributed by atoms with Crippen LogP contribution in [-0.2, 0) is 22.6 Å². The van der Waals surface area contributed by atoms with Gasteiger partial charge in [0.25, 0.3) is 0 Å². The maximum absolute atomic E-state index is 6.32. The van der Waals surface area contributed by atoms with Crippen molar-refractivity contribution in [3.05, 3.63) is 52.5 Å². The fourth-order valence-corrected chi connectivity index (χ4v) is 4.47. The first-order chi connectivity index (χ1) is 11.9. The summed E-state index contributed by atoms with van der Waals surface area (Å²) in [4.78, 5) is 6.63. The number of hydrogen-bond donors (Lipinski definition) is 0. The van der Waals surface area contributed by atoms with E-state index in [1.807, 2.05) is 12.1 Å². The van der Waals surface area contributed by atoms with Crippen LogP contribution in [0.15, 0.2) is 41.4 Å². The van der Waals surface area contributed by atoms with Crippen molar-refractivity contribution in [2.45, 2.75) is 50.7 Å². The highest BCUT2D eigenvalue weighted by Gasteiger charge is 2.39. The minimum absolute atomic E-state index is 0.245. The van der Waals surface area contributed by atoms with E-state index in [0.717, 1.165) is 25.9 Å². The van der Waals surface area contributed by atoms with E-state index in [-0.39, 0.29) is 6.10 Å². The Hall–Kier alpha value is -1.27. The molecule has 0 N–H and O–H groups in total. The van der Waals surface area contributed by atoms with Crippen LogP contribution in [0.5, 0.6) is 0 Å². The molecular formula is C19H24N2O2S. The monoisotopic (exact) mass is 344 g/mol. The lowest BCUT2D eigenvalue weighted by Gasteiger charge is -2.36. The molecule has 0 saturated carbocycles. The summed E-state index contributed by atoms with van der Waals surface area (Å²) in [6.07, 6.45) is 7.70. The lowest BCUT2D eigenvalue weighted by atomic mass is 9.99. The van der Waals surface area contributed by atoms with Crippen molar-refractivity contribution in [1.29, 1.82) is 0 Å². The normalized spacial score (nSPS) is 27.2. The highest BCUT2D eigenvalue weighted by atomic mass is 32.1. The Morgan fingerprint density at radius 2 is 2.08 bits per heavy atom. The molecule has 4 rings (SSSR count). The number of thiophene rings is 1. The lowest BCUT2D eigenvalue weighted by Crippen LogP contribution is -2.43. The SMILES string of the molecule is c1cc(COC[C@H]2CC[C@H]3[C@H](CCN3Cc3ccsc3)O2)ccn1. The summed E-state index contributed by atoms with van der Waals surface area (Å²) in [5, 5.41) is 4.42. The summed E-state index contributed by atoms with van der Waals surface area (Å²) in [5.74, 6) is 0. The lowest BCUT2D eigenvalue weighted by molar-refractivity contribution is -0.102. The zero-order chi connectivity index (χ0) is 16.2. The van der Waals surface area contributed by atoms with E-state index in [9.17, 15) is 0 Å². The second-order valence-electron chi connectivity index (χ2n) is 6.70. The van der Waals surface area contributed by atoms with Gasteiger partial charge in [0.05, 0.1) is 25.4 Å². The minimum Gasteiger partial charge on any atom is -0.374 e. The van der Waals surface area contributed by atoms with Crippen LogP contribution in [0.1, 0.15) is 30.4 Å². The van der Waals surface area contributed by atoms with E-state index < -0.39 is 0 Å². The van der Waals surface area contributed by atoms with Gasteiger partial charge in [0.1, 0.15) is 0 Å². The molecule has 2 aromatic heterocycles. The number of fused-ring (bicyclic) bond motifs is 1. The quantitative estimate of drug-likeness (QED) is 0.803. The predicted molar refractivity (Wildman–Crippen MR) is 94.9 cm³/mol. The zero-order valence-corrected chi connectivity index (χ0v) is 14.7. The van der Waals surface area contributed by atoms with Gasteiger partial charge in [-0.05, 0) is 59.3 Å². The Kier molecular flexibility index (Phi) is 5.23. The predicted octanol–water partition coefficient (Wildman–Crippen LogP) is 3.48. The number of rotatable bonds is 6. The number of hydrogen-bond acceptors (Lipinski definition) is 5. The van der Waals surface area contributed by atoms with Gasteiger partial charge in [0.15, 0.2) is 0 Å². The molecule has 2 saturated heterocycles. The molecule has 128 valence electrons. The van der Waals surface area contributed by atoms with Crippen LogP contribution in [0.2, 0.25) is 0 Å². The maximum Gasteiger partial charge on any atom is 0.0813 e. The number of ether oxygens (including phenoxy) is 2. The van der Waals surface area contributed by atoms with Crippen LogP contribution in [0.4, 0.5) is 0 Å². The third-order valence-electron chi connectivity index (χ3n) is 5.04. The summed E-state index contributed by atoms with van der Waals surface area (Å²) >= 11 is 1.78. The fourth-order valence-electron chi connectivity index (χ4n) is 3.81. The van der Waals surface area contributed by atoms with Crippen molar-refractivity contribution >= 4 is 11.3 Å². The maximum atomic E-state index is 6.32. The summed E-state index contributed by atoms with van der Waals surface area (Å²) in [6, 6.07) is 6.81. The number of nitrogens with zero attached hydrogens (tertiary/aromatic N) is 2. The fraction of sp³-hybridized carbons (Fsp3) is 0.526. The molecule has 4 nitrogen and oxygen atoms in total. The van der Waals surface area contributed by atoms with Gasteiger partial charge >= 0.3 is 0 Å². The van der Waals surface area contributed by atoms with E-state index in [0.29, 0.717) is 25.4 Å². The Balaban J connectivity index is 1.23. The Morgan fingerprint density at radius 3 is 2.92 bits per heavy atom. The third kappa shape index (κ3) is 3.86. The van der Waals surface area contributed by atoms with Crippen molar-refractivity contribution in [3.63, 3.8) is 0 Å². The van der Waals surface area contributed by atoms with Gasteiger partial charge < -0.3 is 9.47 Å². The first kappa shape index (κ1) is 16.2. The molecule has 5 heteroatoms. The second kappa shape index (κ2) is 7.74. The highest BCUT2D eigenvalue weighted by molar-refractivity contribution is 7.07. The van der Waals surface area contributed by atoms with Gasteiger partial charge in [-0.1, -0.05) is 0 Å². The highest BCUT2D eigenvalue weighted by Crippen LogP contribution is 2.32. The first-order valence-corrected chi connectivity index (χ1v) is 9.70. The molecule has 0 aliphatic carbocycles. The van der Waals surface area contributed by atoms with Crippen LogP contribution in [0.3, 0.4) is 0 Å². The first-order valence-electron chi connectivity index (χ1n) is 8.76. The molecule has 4 heterocycles. The van der Waals surface area contributed by atoms with Crippen molar-refractivity contribution in [3.8, 4) is 0 Å². The average Bonchev–Trinajstić information content (AvgIpc) is 3.26. The van der Waals surface area contributed by atoms with E-state index in [4.69, 9.17) is 9.47 Å². The number of aromatic nitrogens is 1. The van der Waals surface area contributed by atoms with Gasteiger partial charge in [0.2, 0.25) is 0 Å². The Bertz CT molecular complexity index is 620. The van der Waals surface area contributed by atoms with E-state index >= 15 is 0 Å². The molecule has 0 amide bonds. The average molecular weight is 344 g/mol. The third-order valence-corrected chi connectivity index (χ3v) is 5.77. The molecule has 2 fully saturated rings. The van der Waals surface area contributed by atoms with Crippen LogP contribution < -0.4 is 0 Å². The molecule has 0 aromatic carbocycles. The van der Waals surface area contributed by atoms with E-state index in [1.54, 1.807) is 23.7 Å². The molecule has 2 aliphatic rings. The van der Waals surface area contributed by atoms with Crippen LogP contribution >= 0.6 is 11.3 Å². The number of pyridine rings is 1. The minimum atomic E-state index is 0.245. The largest absolute Gasteiger partial charge is 0.374 e.